The van der Waals surface area contributed by atoms with Crippen LogP contribution in [-0.4, -0.2) is 17.0 Å². The van der Waals surface area contributed by atoms with Crippen molar-refractivity contribution in [2.75, 3.05) is 11.9 Å². The maximum Gasteiger partial charge on any atom is 0.132 e. The minimum absolute atomic E-state index is 0.323. The third-order valence-corrected chi connectivity index (χ3v) is 3.01. The average molecular weight is 265 g/mol. The van der Waals surface area contributed by atoms with Gasteiger partial charge in [0.1, 0.15) is 11.0 Å². The van der Waals surface area contributed by atoms with Gasteiger partial charge in [-0.3, -0.25) is 0 Å². The molecule has 17 heavy (non-hydrogen) atoms. The van der Waals surface area contributed by atoms with E-state index in [9.17, 15) is 0 Å². The summed E-state index contributed by atoms with van der Waals surface area (Å²) >= 11 is 7.40. The maximum absolute atomic E-state index is 8.86. The predicted octanol–water partition coefficient (Wildman–Crippen LogP) is 2.70. The molecule has 2 rings (SSSR count). The lowest BCUT2D eigenvalue weighted by Crippen LogP contribution is -2.18. The highest BCUT2D eigenvalue weighted by Crippen LogP contribution is 2.18. The smallest absolute Gasteiger partial charge is 0.132 e. The second-order valence-corrected chi connectivity index (χ2v) is 4.59. The number of hydrogen-bond acceptors (Lipinski definition) is 5. The molecule has 0 aromatic carbocycles. The first-order valence-electron chi connectivity index (χ1n) is 4.85. The van der Waals surface area contributed by atoms with Crippen molar-refractivity contribution in [1.29, 1.82) is 5.26 Å². The summed E-state index contributed by atoms with van der Waals surface area (Å²) in [5.41, 5.74) is 3.26. The molecule has 0 aliphatic heterocycles. The predicted molar refractivity (Wildman–Crippen MR) is 68.2 cm³/mol. The number of aromatic nitrogens is 2. The van der Waals surface area contributed by atoms with Crippen molar-refractivity contribution in [3.63, 3.8) is 0 Å². The summed E-state index contributed by atoms with van der Waals surface area (Å²) in [4.78, 5) is 10.3. The number of thiazole rings is 1. The van der Waals surface area contributed by atoms with E-state index in [0.29, 0.717) is 23.1 Å². The van der Waals surface area contributed by atoms with Gasteiger partial charge in [-0.1, -0.05) is 11.6 Å². The highest BCUT2D eigenvalue weighted by Gasteiger charge is 2.07. The van der Waals surface area contributed by atoms with Crippen molar-refractivity contribution in [2.24, 2.45) is 0 Å². The zero-order chi connectivity index (χ0) is 12.3. The molecule has 0 radical (unpaired) electrons. The van der Waals surface area contributed by atoms with Crippen LogP contribution >= 0.6 is 22.9 Å². The summed E-state index contributed by atoms with van der Waals surface area (Å²) in [6.45, 7) is 0.641. The third kappa shape index (κ3) is 2.93. The molecule has 2 heterocycles. The minimum Gasteiger partial charge on any atom is -0.354 e. The molecular formula is C11H9ClN4S. The third-order valence-electron chi connectivity index (χ3n) is 2.18. The standard InChI is InChI=1S/C11H9ClN4S/c1-16(5-9-6-17-7-14-9)11-3-8(4-13)2-10(12)15-11/h2-3,6-7H,5H2,1H3. The molecule has 0 unspecified atom stereocenters. The van der Waals surface area contributed by atoms with Crippen LogP contribution in [-0.2, 0) is 6.54 Å². The van der Waals surface area contributed by atoms with Crippen LogP contribution in [0.2, 0.25) is 5.15 Å². The van der Waals surface area contributed by atoms with Crippen LogP contribution in [0.5, 0.6) is 0 Å². The summed E-state index contributed by atoms with van der Waals surface area (Å²) in [5, 5.41) is 11.2. The number of pyridine rings is 1. The molecule has 4 nitrogen and oxygen atoms in total. The van der Waals surface area contributed by atoms with Crippen LogP contribution in [0.25, 0.3) is 0 Å². The van der Waals surface area contributed by atoms with Crippen LogP contribution in [0.15, 0.2) is 23.0 Å². The van der Waals surface area contributed by atoms with Crippen molar-refractivity contribution < 1.29 is 0 Å². The van der Waals surface area contributed by atoms with Gasteiger partial charge in [0.2, 0.25) is 0 Å². The lowest BCUT2D eigenvalue weighted by molar-refractivity contribution is 0.874. The zero-order valence-electron chi connectivity index (χ0n) is 9.09. The largest absolute Gasteiger partial charge is 0.354 e. The van der Waals surface area contributed by atoms with Gasteiger partial charge in [0.15, 0.2) is 0 Å². The second-order valence-electron chi connectivity index (χ2n) is 3.48. The first kappa shape index (κ1) is 11.8. The average Bonchev–Trinajstić information content (AvgIpc) is 2.81. The van der Waals surface area contributed by atoms with Gasteiger partial charge in [-0.05, 0) is 12.1 Å². The van der Waals surface area contributed by atoms with E-state index in [0.717, 1.165) is 5.69 Å². The summed E-state index contributed by atoms with van der Waals surface area (Å²) in [6.07, 6.45) is 0. The van der Waals surface area contributed by atoms with E-state index in [4.69, 9.17) is 16.9 Å². The summed E-state index contributed by atoms with van der Waals surface area (Å²) in [5.74, 6) is 0.669. The number of nitrogens with zero attached hydrogens (tertiary/aromatic N) is 4. The molecule has 2 aromatic heterocycles. The van der Waals surface area contributed by atoms with Gasteiger partial charge in [0.05, 0.1) is 29.4 Å². The fourth-order valence-corrected chi connectivity index (χ4v) is 2.14. The summed E-state index contributed by atoms with van der Waals surface area (Å²) < 4.78 is 0. The fourth-order valence-electron chi connectivity index (χ4n) is 1.38. The zero-order valence-corrected chi connectivity index (χ0v) is 10.7. The Morgan fingerprint density at radius 2 is 2.35 bits per heavy atom. The van der Waals surface area contributed by atoms with Gasteiger partial charge in [0, 0.05) is 12.4 Å². The van der Waals surface area contributed by atoms with Crippen LogP contribution in [0.4, 0.5) is 5.82 Å². The van der Waals surface area contributed by atoms with Crippen molar-refractivity contribution in [2.45, 2.75) is 6.54 Å². The Balaban J connectivity index is 2.22. The van der Waals surface area contributed by atoms with E-state index >= 15 is 0 Å². The molecule has 0 aliphatic carbocycles. The molecule has 0 bridgehead atoms. The molecule has 0 saturated carbocycles. The van der Waals surface area contributed by atoms with Crippen LogP contribution in [0.1, 0.15) is 11.3 Å². The molecule has 2 aromatic rings. The van der Waals surface area contributed by atoms with E-state index in [1.54, 1.807) is 29.0 Å². The molecule has 0 saturated heterocycles. The lowest BCUT2D eigenvalue weighted by atomic mass is 10.3. The Labute approximate surface area is 108 Å². The Morgan fingerprint density at radius 1 is 1.53 bits per heavy atom. The Kier molecular flexibility index (Phi) is 3.57. The number of nitriles is 1. The second kappa shape index (κ2) is 5.13. The summed E-state index contributed by atoms with van der Waals surface area (Å²) in [7, 11) is 1.89. The lowest BCUT2D eigenvalue weighted by Gasteiger charge is -2.17. The maximum atomic E-state index is 8.86. The molecule has 0 amide bonds. The van der Waals surface area contributed by atoms with E-state index in [1.807, 2.05) is 17.3 Å². The molecule has 0 aliphatic rings. The first-order valence-corrected chi connectivity index (χ1v) is 6.17. The van der Waals surface area contributed by atoms with Gasteiger partial charge in [0.25, 0.3) is 0 Å². The van der Waals surface area contributed by atoms with Gasteiger partial charge in [-0.25, -0.2) is 9.97 Å². The first-order chi connectivity index (χ1) is 8.19. The van der Waals surface area contributed by atoms with Crippen molar-refractivity contribution in [3.8, 4) is 6.07 Å². The van der Waals surface area contributed by atoms with Crippen molar-refractivity contribution in [3.05, 3.63) is 39.4 Å². The number of anilines is 1. The van der Waals surface area contributed by atoms with Gasteiger partial charge in [-0.2, -0.15) is 5.26 Å². The van der Waals surface area contributed by atoms with Gasteiger partial charge in [-0.15, -0.1) is 11.3 Å². The number of hydrogen-bond donors (Lipinski definition) is 0. The molecule has 0 spiro atoms. The molecule has 0 fully saturated rings. The van der Waals surface area contributed by atoms with Gasteiger partial charge < -0.3 is 4.90 Å². The van der Waals surface area contributed by atoms with E-state index in [-0.39, 0.29) is 0 Å². The monoisotopic (exact) mass is 264 g/mol. The Bertz CT molecular complexity index is 547. The topological polar surface area (TPSA) is 52.8 Å². The van der Waals surface area contributed by atoms with Crippen LogP contribution in [0.3, 0.4) is 0 Å². The van der Waals surface area contributed by atoms with E-state index in [1.165, 1.54) is 0 Å². The molecular weight excluding hydrogens is 256 g/mol. The highest BCUT2D eigenvalue weighted by atomic mass is 35.5. The molecule has 6 heteroatoms. The molecule has 0 N–H and O–H groups in total. The highest BCUT2D eigenvalue weighted by molar-refractivity contribution is 7.07. The quantitative estimate of drug-likeness (QED) is 0.800. The van der Waals surface area contributed by atoms with Crippen molar-refractivity contribution in [1.82, 2.24) is 9.97 Å². The van der Waals surface area contributed by atoms with E-state index < -0.39 is 0 Å². The normalized spacial score (nSPS) is 9.94. The van der Waals surface area contributed by atoms with Crippen LogP contribution in [0, 0.1) is 11.3 Å². The van der Waals surface area contributed by atoms with Gasteiger partial charge >= 0.3 is 0 Å². The van der Waals surface area contributed by atoms with E-state index in [2.05, 4.69) is 16.0 Å². The Morgan fingerprint density at radius 3 is 3.00 bits per heavy atom. The fraction of sp³-hybridized carbons (Fsp3) is 0.182. The molecule has 86 valence electrons. The van der Waals surface area contributed by atoms with Crippen molar-refractivity contribution >= 4 is 28.8 Å². The molecule has 0 atom stereocenters. The summed E-state index contributed by atoms with van der Waals surface area (Å²) in [6, 6.07) is 5.31. The SMILES string of the molecule is CN(Cc1cscn1)c1cc(C#N)cc(Cl)n1. The van der Waals surface area contributed by atoms with Crippen LogP contribution < -0.4 is 4.90 Å². The number of halogens is 1. The number of rotatable bonds is 3. The Hall–Kier alpha value is -1.64. The minimum atomic E-state index is 0.323.